The average Bonchev–Trinajstić information content (AvgIpc) is 3.06. The lowest BCUT2D eigenvalue weighted by atomic mass is 10.2. The van der Waals surface area contributed by atoms with E-state index in [1.54, 1.807) is 17.0 Å². The first-order chi connectivity index (χ1) is 12.5. The zero-order chi connectivity index (χ0) is 18.3. The molecule has 2 aromatic heterocycles. The summed E-state index contributed by atoms with van der Waals surface area (Å²) in [6, 6.07) is 8.84. The van der Waals surface area contributed by atoms with E-state index in [0.29, 0.717) is 52.6 Å². The molecule has 3 aromatic rings. The first-order valence-electron chi connectivity index (χ1n) is 8.25. The first-order valence-corrected chi connectivity index (χ1v) is 9.32. The number of halogens is 2. The van der Waals surface area contributed by atoms with E-state index in [2.05, 4.69) is 9.97 Å². The van der Waals surface area contributed by atoms with Crippen molar-refractivity contribution in [2.75, 3.05) is 31.1 Å². The highest BCUT2D eigenvalue weighted by Gasteiger charge is 2.25. The summed E-state index contributed by atoms with van der Waals surface area (Å²) in [5.74, 6) is -0.529. The minimum absolute atomic E-state index is 0.158. The van der Waals surface area contributed by atoms with Crippen LogP contribution in [0.2, 0.25) is 0 Å². The minimum atomic E-state index is -0.371. The van der Waals surface area contributed by atoms with Gasteiger partial charge < -0.3 is 14.2 Å². The largest absolute Gasteiger partial charge is 0.422 e. The number of anilines is 1. The summed E-state index contributed by atoms with van der Waals surface area (Å²) >= 11 is 1.91. The van der Waals surface area contributed by atoms with Crippen LogP contribution < -0.4 is 4.90 Å². The Morgan fingerprint density at radius 1 is 1.15 bits per heavy atom. The molecule has 0 saturated carbocycles. The Morgan fingerprint density at radius 3 is 2.65 bits per heavy atom. The van der Waals surface area contributed by atoms with Gasteiger partial charge in [0.2, 0.25) is 5.65 Å². The molecule has 26 heavy (non-hydrogen) atoms. The van der Waals surface area contributed by atoms with Gasteiger partial charge in [0.1, 0.15) is 5.82 Å². The van der Waals surface area contributed by atoms with E-state index in [1.165, 1.54) is 6.07 Å². The molecule has 0 atom stereocenters. The number of piperazine rings is 1. The van der Waals surface area contributed by atoms with Crippen molar-refractivity contribution >= 4 is 45.7 Å². The van der Waals surface area contributed by atoms with Crippen molar-refractivity contribution in [3.8, 4) is 0 Å². The van der Waals surface area contributed by atoms with Gasteiger partial charge in [-0.2, -0.15) is 4.98 Å². The monoisotopic (exact) mass is 466 g/mol. The number of nitrogens with zero attached hydrogens (tertiary/aromatic N) is 4. The van der Waals surface area contributed by atoms with Crippen molar-refractivity contribution in [3.05, 3.63) is 51.0 Å². The molecule has 0 radical (unpaired) electrons. The number of pyridine rings is 1. The molecule has 1 aliphatic rings. The molecule has 0 N–H and O–H groups in total. The fourth-order valence-corrected chi connectivity index (χ4v) is 3.29. The molecule has 8 heteroatoms. The molecule has 1 aromatic carbocycles. The van der Waals surface area contributed by atoms with Crippen molar-refractivity contribution in [2.24, 2.45) is 0 Å². The third kappa shape index (κ3) is 3.25. The van der Waals surface area contributed by atoms with E-state index in [1.807, 2.05) is 46.5 Å². The number of hydrogen-bond donors (Lipinski definition) is 0. The van der Waals surface area contributed by atoms with E-state index < -0.39 is 0 Å². The molecule has 1 aliphatic heterocycles. The van der Waals surface area contributed by atoms with Gasteiger partial charge in [-0.3, -0.25) is 4.79 Å². The van der Waals surface area contributed by atoms with E-state index in [9.17, 15) is 9.18 Å². The number of fused-ring (bicyclic) bond motifs is 1. The number of benzene rings is 1. The van der Waals surface area contributed by atoms with Gasteiger partial charge in [-0.25, -0.2) is 9.37 Å². The molecule has 1 fully saturated rings. The Morgan fingerprint density at radius 2 is 1.92 bits per heavy atom. The molecule has 4 rings (SSSR count). The highest BCUT2D eigenvalue weighted by atomic mass is 127. The third-order valence-electron chi connectivity index (χ3n) is 4.39. The van der Waals surface area contributed by atoms with Crippen LogP contribution in [-0.2, 0) is 0 Å². The highest BCUT2D eigenvalue weighted by Crippen LogP contribution is 2.22. The topological polar surface area (TPSA) is 62.5 Å². The molecular formula is C18H16FIN4O2. The maximum atomic E-state index is 13.7. The van der Waals surface area contributed by atoms with E-state index in [0.717, 1.165) is 5.69 Å². The van der Waals surface area contributed by atoms with E-state index >= 15 is 0 Å². The van der Waals surface area contributed by atoms with Crippen molar-refractivity contribution in [2.45, 2.75) is 6.92 Å². The van der Waals surface area contributed by atoms with E-state index in [4.69, 9.17) is 4.42 Å². The third-order valence-corrected chi connectivity index (χ3v) is 5.26. The fourth-order valence-electron chi connectivity index (χ4n) is 2.95. The van der Waals surface area contributed by atoms with Gasteiger partial charge in [-0.15, -0.1) is 0 Å². The van der Waals surface area contributed by atoms with Gasteiger partial charge in [0.05, 0.1) is 0 Å². The van der Waals surface area contributed by atoms with Crippen molar-refractivity contribution in [3.63, 3.8) is 0 Å². The maximum Gasteiger partial charge on any atom is 0.300 e. The van der Waals surface area contributed by atoms with Crippen LogP contribution in [0.1, 0.15) is 16.1 Å². The number of rotatable bonds is 2. The summed E-state index contributed by atoms with van der Waals surface area (Å²) in [5, 5.41) is 0. The molecule has 134 valence electrons. The molecule has 1 saturated heterocycles. The molecule has 0 aliphatic carbocycles. The molecular weight excluding hydrogens is 450 g/mol. The van der Waals surface area contributed by atoms with E-state index in [-0.39, 0.29) is 11.7 Å². The zero-order valence-corrected chi connectivity index (χ0v) is 16.2. The molecule has 0 unspecified atom stereocenters. The van der Waals surface area contributed by atoms with Crippen LogP contribution in [0.3, 0.4) is 0 Å². The van der Waals surface area contributed by atoms with Crippen molar-refractivity contribution in [1.29, 1.82) is 0 Å². The smallest absolute Gasteiger partial charge is 0.300 e. The SMILES string of the molecule is Cc1ccc2oc(N3CCN(C(=O)c4ccc(I)c(F)c4)CC3)nc2n1. The van der Waals surface area contributed by atoms with Gasteiger partial charge in [0, 0.05) is 41.0 Å². The quantitative estimate of drug-likeness (QED) is 0.543. The number of carbonyl (C=O) groups is 1. The van der Waals surface area contributed by atoms with Gasteiger partial charge >= 0.3 is 0 Å². The molecule has 0 bridgehead atoms. The van der Waals surface area contributed by atoms with Gasteiger partial charge in [0.15, 0.2) is 5.58 Å². The zero-order valence-electron chi connectivity index (χ0n) is 14.1. The highest BCUT2D eigenvalue weighted by molar-refractivity contribution is 14.1. The number of hydrogen-bond acceptors (Lipinski definition) is 5. The van der Waals surface area contributed by atoms with Crippen LogP contribution in [-0.4, -0.2) is 47.0 Å². The predicted molar refractivity (Wildman–Crippen MR) is 104 cm³/mol. The molecule has 0 spiro atoms. The van der Waals surface area contributed by atoms with Gasteiger partial charge in [0.25, 0.3) is 11.9 Å². The summed E-state index contributed by atoms with van der Waals surface area (Å²) in [6.45, 7) is 4.16. The Hall–Kier alpha value is -2.23. The first kappa shape index (κ1) is 17.2. The fraction of sp³-hybridized carbons (Fsp3) is 0.278. The van der Waals surface area contributed by atoms with Crippen LogP contribution in [0.4, 0.5) is 10.4 Å². The molecule has 1 amide bonds. The number of aromatic nitrogens is 2. The number of amides is 1. The van der Waals surface area contributed by atoms with Crippen molar-refractivity contribution in [1.82, 2.24) is 14.9 Å². The Balaban J connectivity index is 1.46. The second-order valence-corrected chi connectivity index (χ2v) is 7.34. The summed E-state index contributed by atoms with van der Waals surface area (Å²) < 4.78 is 20.0. The lowest BCUT2D eigenvalue weighted by Crippen LogP contribution is -2.49. The average molecular weight is 466 g/mol. The second-order valence-electron chi connectivity index (χ2n) is 6.18. The molecule has 6 nitrogen and oxygen atoms in total. The predicted octanol–water partition coefficient (Wildman–Crippen LogP) is 3.24. The van der Waals surface area contributed by atoms with Crippen LogP contribution in [0.25, 0.3) is 11.2 Å². The van der Waals surface area contributed by atoms with Gasteiger partial charge in [-0.1, -0.05) is 0 Å². The van der Waals surface area contributed by atoms with Crippen LogP contribution in [0.15, 0.2) is 34.7 Å². The maximum absolute atomic E-state index is 13.7. The summed E-state index contributed by atoms with van der Waals surface area (Å²) in [7, 11) is 0. The molecule has 3 heterocycles. The normalized spacial score (nSPS) is 14.9. The lowest BCUT2D eigenvalue weighted by Gasteiger charge is -2.33. The second kappa shape index (κ2) is 6.82. The number of carbonyl (C=O) groups excluding carboxylic acids is 1. The summed E-state index contributed by atoms with van der Waals surface area (Å²) in [4.78, 5) is 25.1. The standard InChI is InChI=1S/C18H16FIN4O2/c1-11-2-5-15-16(21-11)22-18(26-15)24-8-6-23(7-9-24)17(25)12-3-4-14(20)13(19)10-12/h2-5,10H,6-9H2,1H3. The Labute approximate surface area is 163 Å². The minimum Gasteiger partial charge on any atom is -0.422 e. The lowest BCUT2D eigenvalue weighted by molar-refractivity contribution is 0.0744. The number of oxazole rings is 1. The van der Waals surface area contributed by atoms with Gasteiger partial charge in [-0.05, 0) is 59.8 Å². The summed E-state index contributed by atoms with van der Waals surface area (Å²) in [5.41, 5.74) is 2.50. The Bertz CT molecular complexity index is 982. The van der Waals surface area contributed by atoms with Crippen LogP contribution in [0.5, 0.6) is 0 Å². The Kier molecular flexibility index (Phi) is 4.51. The van der Waals surface area contributed by atoms with Crippen molar-refractivity contribution < 1.29 is 13.6 Å². The van der Waals surface area contributed by atoms with Crippen LogP contribution >= 0.6 is 22.6 Å². The van der Waals surface area contributed by atoms with Crippen LogP contribution in [0, 0.1) is 16.3 Å². The summed E-state index contributed by atoms with van der Waals surface area (Å²) in [6.07, 6.45) is 0. The number of aryl methyl sites for hydroxylation is 1.